The number of hydrogen-bond donors (Lipinski definition) is 2. The Morgan fingerprint density at radius 3 is 2.22 bits per heavy atom. The number of anilines is 1. The van der Waals surface area contributed by atoms with Gasteiger partial charge in [-0.05, 0) is 42.8 Å². The summed E-state index contributed by atoms with van der Waals surface area (Å²) in [6.07, 6.45) is 0.698. The summed E-state index contributed by atoms with van der Waals surface area (Å²) in [5, 5.41) is 5.52. The van der Waals surface area contributed by atoms with Gasteiger partial charge in [0.1, 0.15) is 0 Å². The Labute approximate surface area is 157 Å². The van der Waals surface area contributed by atoms with E-state index in [1.807, 2.05) is 0 Å². The number of nitrogens with one attached hydrogen (secondary N) is 2. The number of ether oxygens (including phenoxy) is 2. The van der Waals surface area contributed by atoms with Crippen LogP contribution in [-0.2, 0) is 9.47 Å². The van der Waals surface area contributed by atoms with Crippen molar-refractivity contribution in [1.82, 2.24) is 5.32 Å². The highest BCUT2D eigenvalue weighted by Crippen LogP contribution is 2.17. The van der Waals surface area contributed by atoms with Crippen molar-refractivity contribution in [2.45, 2.75) is 6.42 Å². The van der Waals surface area contributed by atoms with E-state index in [2.05, 4.69) is 15.4 Å². The first-order valence-corrected chi connectivity index (χ1v) is 8.42. The second kappa shape index (κ2) is 10.1. The molecule has 27 heavy (non-hydrogen) atoms. The Morgan fingerprint density at radius 2 is 1.56 bits per heavy atom. The quantitative estimate of drug-likeness (QED) is 0.550. The predicted molar refractivity (Wildman–Crippen MR) is 101 cm³/mol. The maximum absolute atomic E-state index is 12.5. The molecule has 0 bridgehead atoms. The van der Waals surface area contributed by atoms with Gasteiger partial charge in [0, 0.05) is 25.8 Å². The minimum atomic E-state index is -0.475. The maximum Gasteiger partial charge on any atom is 0.337 e. The second-order valence-corrected chi connectivity index (χ2v) is 5.67. The number of hydrogen-bond acceptors (Lipinski definition) is 5. The molecule has 2 N–H and O–H groups in total. The van der Waals surface area contributed by atoms with Crippen molar-refractivity contribution in [2.24, 2.45) is 0 Å². The molecule has 0 aliphatic heterocycles. The van der Waals surface area contributed by atoms with Gasteiger partial charge < -0.3 is 20.1 Å². The smallest absolute Gasteiger partial charge is 0.337 e. The number of esters is 1. The summed E-state index contributed by atoms with van der Waals surface area (Å²) in [6.45, 7) is 1.03. The molecule has 2 aromatic rings. The zero-order chi connectivity index (χ0) is 19.6. The first-order chi connectivity index (χ1) is 13.1. The van der Waals surface area contributed by atoms with Crippen LogP contribution >= 0.6 is 0 Å². The van der Waals surface area contributed by atoms with Crippen molar-refractivity contribution in [3.63, 3.8) is 0 Å². The monoisotopic (exact) mass is 370 g/mol. The average Bonchev–Trinajstić information content (AvgIpc) is 2.71. The lowest BCUT2D eigenvalue weighted by atomic mass is 10.1. The van der Waals surface area contributed by atoms with E-state index in [9.17, 15) is 14.4 Å². The zero-order valence-electron chi connectivity index (χ0n) is 15.3. The number of carbonyl (C=O) groups is 3. The molecule has 142 valence electrons. The van der Waals surface area contributed by atoms with E-state index in [0.717, 1.165) is 0 Å². The van der Waals surface area contributed by atoms with Gasteiger partial charge in [-0.25, -0.2) is 4.79 Å². The van der Waals surface area contributed by atoms with Gasteiger partial charge in [-0.3, -0.25) is 9.59 Å². The Bertz CT molecular complexity index is 802. The van der Waals surface area contributed by atoms with Crippen LogP contribution in [-0.4, -0.2) is 45.2 Å². The van der Waals surface area contributed by atoms with E-state index in [4.69, 9.17) is 4.74 Å². The van der Waals surface area contributed by atoms with Crippen LogP contribution in [0.3, 0.4) is 0 Å². The summed E-state index contributed by atoms with van der Waals surface area (Å²) < 4.78 is 9.58. The van der Waals surface area contributed by atoms with Crippen molar-refractivity contribution in [3.05, 3.63) is 65.2 Å². The molecule has 0 unspecified atom stereocenters. The van der Waals surface area contributed by atoms with Gasteiger partial charge in [0.25, 0.3) is 11.8 Å². The molecular weight excluding hydrogens is 348 g/mol. The molecule has 0 radical (unpaired) electrons. The average molecular weight is 370 g/mol. The van der Waals surface area contributed by atoms with Gasteiger partial charge >= 0.3 is 5.97 Å². The van der Waals surface area contributed by atoms with Crippen LogP contribution in [0, 0.1) is 0 Å². The van der Waals surface area contributed by atoms with E-state index < -0.39 is 5.97 Å². The topological polar surface area (TPSA) is 93.7 Å². The fraction of sp³-hybridized carbons (Fsp3) is 0.250. The third-order valence-electron chi connectivity index (χ3n) is 3.80. The Hall–Kier alpha value is -3.19. The van der Waals surface area contributed by atoms with Crippen LogP contribution in [0.25, 0.3) is 0 Å². The molecule has 0 aromatic heterocycles. The van der Waals surface area contributed by atoms with Gasteiger partial charge in [-0.2, -0.15) is 0 Å². The van der Waals surface area contributed by atoms with E-state index in [1.54, 1.807) is 31.4 Å². The zero-order valence-corrected chi connectivity index (χ0v) is 15.3. The fourth-order valence-corrected chi connectivity index (χ4v) is 2.37. The number of para-hydroxylation sites is 1. The highest BCUT2D eigenvalue weighted by atomic mass is 16.5. The lowest BCUT2D eigenvalue weighted by Gasteiger charge is -2.11. The molecular formula is C20H22N2O5. The summed E-state index contributed by atoms with van der Waals surface area (Å²) >= 11 is 0. The highest BCUT2D eigenvalue weighted by molar-refractivity contribution is 6.09. The minimum Gasteiger partial charge on any atom is -0.465 e. The number of amides is 2. The molecule has 2 aromatic carbocycles. The number of carbonyl (C=O) groups excluding carboxylic acids is 3. The molecule has 7 heteroatoms. The number of methoxy groups -OCH3 is 2. The summed E-state index contributed by atoms with van der Waals surface area (Å²) in [4.78, 5) is 36.3. The van der Waals surface area contributed by atoms with Crippen molar-refractivity contribution < 1.29 is 23.9 Å². The highest BCUT2D eigenvalue weighted by Gasteiger charge is 2.14. The first-order valence-electron chi connectivity index (χ1n) is 8.42. The lowest BCUT2D eigenvalue weighted by molar-refractivity contribution is 0.0600. The molecule has 2 amide bonds. The molecule has 0 spiro atoms. The van der Waals surface area contributed by atoms with Crippen molar-refractivity contribution in [1.29, 1.82) is 0 Å². The normalized spacial score (nSPS) is 10.1. The van der Waals surface area contributed by atoms with Crippen molar-refractivity contribution >= 4 is 23.5 Å². The molecule has 0 aliphatic carbocycles. The van der Waals surface area contributed by atoms with Gasteiger partial charge in [0.15, 0.2) is 0 Å². The second-order valence-electron chi connectivity index (χ2n) is 5.67. The maximum atomic E-state index is 12.5. The molecule has 7 nitrogen and oxygen atoms in total. The Kier molecular flexibility index (Phi) is 7.51. The number of benzene rings is 2. The first kappa shape index (κ1) is 20.1. The molecule has 0 atom stereocenters. The lowest BCUT2D eigenvalue weighted by Crippen LogP contribution is -2.26. The van der Waals surface area contributed by atoms with E-state index in [1.165, 1.54) is 31.4 Å². The predicted octanol–water partition coefficient (Wildman–Crippen LogP) is 2.49. The van der Waals surface area contributed by atoms with Crippen LogP contribution in [0.2, 0.25) is 0 Å². The minimum absolute atomic E-state index is 0.275. The number of rotatable bonds is 8. The largest absolute Gasteiger partial charge is 0.465 e. The third-order valence-corrected chi connectivity index (χ3v) is 3.80. The van der Waals surface area contributed by atoms with Crippen molar-refractivity contribution in [3.8, 4) is 0 Å². The van der Waals surface area contributed by atoms with Crippen LogP contribution < -0.4 is 10.6 Å². The van der Waals surface area contributed by atoms with Crippen molar-refractivity contribution in [2.75, 3.05) is 32.7 Å². The van der Waals surface area contributed by atoms with E-state index in [-0.39, 0.29) is 11.8 Å². The molecule has 0 fully saturated rings. The van der Waals surface area contributed by atoms with Crippen LogP contribution in [0.1, 0.15) is 37.5 Å². The van der Waals surface area contributed by atoms with Gasteiger partial charge in [0.05, 0.1) is 23.9 Å². The van der Waals surface area contributed by atoms with E-state index in [0.29, 0.717) is 42.0 Å². The molecule has 0 aliphatic rings. The third kappa shape index (κ3) is 5.65. The van der Waals surface area contributed by atoms with E-state index >= 15 is 0 Å². The standard InChI is InChI=1S/C20H22N2O5/c1-26-13-5-12-21-19(24)16-6-3-4-7-17(16)22-18(23)14-8-10-15(11-9-14)20(25)27-2/h3-4,6-11H,5,12-13H2,1-2H3,(H,21,24)(H,22,23). The van der Waals surface area contributed by atoms with Gasteiger partial charge in [-0.1, -0.05) is 12.1 Å². The Balaban J connectivity index is 2.07. The molecule has 0 heterocycles. The fourth-order valence-electron chi connectivity index (χ4n) is 2.37. The van der Waals surface area contributed by atoms with Crippen LogP contribution in [0.5, 0.6) is 0 Å². The van der Waals surface area contributed by atoms with Gasteiger partial charge in [-0.15, -0.1) is 0 Å². The van der Waals surface area contributed by atoms with Crippen LogP contribution in [0.15, 0.2) is 48.5 Å². The summed E-state index contributed by atoms with van der Waals surface area (Å²) in [5.74, 6) is -1.13. The molecule has 0 saturated carbocycles. The summed E-state index contributed by atoms with van der Waals surface area (Å²) in [6, 6.07) is 12.8. The Morgan fingerprint density at radius 1 is 0.889 bits per heavy atom. The summed E-state index contributed by atoms with van der Waals surface area (Å²) in [7, 11) is 2.89. The molecule has 2 rings (SSSR count). The summed E-state index contributed by atoms with van der Waals surface area (Å²) in [5.41, 5.74) is 1.49. The van der Waals surface area contributed by atoms with Gasteiger partial charge in [0.2, 0.25) is 0 Å². The van der Waals surface area contributed by atoms with Crippen LogP contribution in [0.4, 0.5) is 5.69 Å². The molecule has 0 saturated heterocycles. The SMILES string of the molecule is COCCCNC(=O)c1ccccc1NC(=O)c1ccc(C(=O)OC)cc1.